The van der Waals surface area contributed by atoms with Crippen LogP contribution in [0.5, 0.6) is 0 Å². The fourth-order valence-electron chi connectivity index (χ4n) is 0.647. The molecule has 0 bridgehead atoms. The number of hydrogen-bond acceptors (Lipinski definition) is 5. The third-order valence-corrected chi connectivity index (χ3v) is 1.49. The van der Waals surface area contributed by atoms with Crippen molar-refractivity contribution in [3.05, 3.63) is 0 Å². The lowest BCUT2D eigenvalue weighted by Gasteiger charge is -2.23. The second-order valence-electron chi connectivity index (χ2n) is 2.57. The van der Waals surface area contributed by atoms with Crippen LogP contribution in [0.4, 0.5) is 0 Å². The molecule has 6 N–H and O–H groups in total. The van der Waals surface area contributed by atoms with Gasteiger partial charge in [-0.05, 0) is 6.92 Å². The van der Waals surface area contributed by atoms with E-state index in [0.29, 0.717) is 0 Å². The average molecular weight is 165 g/mol. The molecule has 0 amide bonds. The topological polar surface area (TPSA) is 107 Å². The SMILES string of the molecule is C[C@H](O)C(O)C(O)[C@H](N)CO. The maximum Gasteiger partial charge on any atom is 0.107 e. The van der Waals surface area contributed by atoms with E-state index in [9.17, 15) is 0 Å². The van der Waals surface area contributed by atoms with Crippen molar-refractivity contribution in [2.75, 3.05) is 6.61 Å². The summed E-state index contributed by atoms with van der Waals surface area (Å²) in [4.78, 5) is 0. The molecule has 5 nitrogen and oxygen atoms in total. The normalized spacial score (nSPS) is 22.4. The van der Waals surface area contributed by atoms with Crippen molar-refractivity contribution in [2.45, 2.75) is 31.3 Å². The first kappa shape index (κ1) is 10.8. The van der Waals surface area contributed by atoms with Crippen LogP contribution in [0.1, 0.15) is 6.92 Å². The summed E-state index contributed by atoms with van der Waals surface area (Å²) in [6.07, 6.45) is -3.65. The molecule has 0 aromatic heterocycles. The lowest BCUT2D eigenvalue weighted by molar-refractivity contribution is -0.0661. The summed E-state index contributed by atoms with van der Waals surface area (Å²) in [5.74, 6) is 0. The first-order valence-electron chi connectivity index (χ1n) is 3.41. The van der Waals surface area contributed by atoms with E-state index in [1.165, 1.54) is 6.92 Å². The maximum absolute atomic E-state index is 9.06. The predicted molar refractivity (Wildman–Crippen MR) is 38.8 cm³/mol. The quantitative estimate of drug-likeness (QED) is 0.314. The first-order valence-corrected chi connectivity index (χ1v) is 3.41. The Morgan fingerprint density at radius 2 is 1.64 bits per heavy atom. The van der Waals surface area contributed by atoms with Gasteiger partial charge in [0.15, 0.2) is 0 Å². The van der Waals surface area contributed by atoms with Crippen LogP contribution in [0.15, 0.2) is 0 Å². The zero-order valence-corrected chi connectivity index (χ0v) is 6.38. The van der Waals surface area contributed by atoms with Crippen LogP contribution in [0.3, 0.4) is 0 Å². The molecule has 0 aliphatic carbocycles. The Kier molecular flexibility index (Phi) is 4.55. The van der Waals surface area contributed by atoms with Crippen LogP contribution < -0.4 is 5.73 Å². The third-order valence-electron chi connectivity index (χ3n) is 1.49. The number of aliphatic hydroxyl groups excluding tert-OH is 4. The number of rotatable bonds is 4. The molecule has 0 aliphatic rings. The van der Waals surface area contributed by atoms with Gasteiger partial charge >= 0.3 is 0 Å². The molecule has 0 aromatic rings. The lowest BCUT2D eigenvalue weighted by atomic mass is 10.0. The van der Waals surface area contributed by atoms with Crippen molar-refractivity contribution in [3.63, 3.8) is 0 Å². The number of nitrogens with two attached hydrogens (primary N) is 1. The first-order chi connectivity index (χ1) is 5.00. The van der Waals surface area contributed by atoms with Gasteiger partial charge in [0.05, 0.1) is 24.9 Å². The van der Waals surface area contributed by atoms with E-state index >= 15 is 0 Å². The summed E-state index contributed by atoms with van der Waals surface area (Å²) in [7, 11) is 0. The molecule has 0 aliphatic heterocycles. The zero-order chi connectivity index (χ0) is 9.02. The van der Waals surface area contributed by atoms with Crippen LogP contribution in [0, 0.1) is 0 Å². The average Bonchev–Trinajstić information content (AvgIpc) is 2.00. The van der Waals surface area contributed by atoms with Crippen molar-refractivity contribution in [2.24, 2.45) is 5.73 Å². The van der Waals surface area contributed by atoms with Gasteiger partial charge in [0.2, 0.25) is 0 Å². The molecule has 68 valence electrons. The highest BCUT2D eigenvalue weighted by Gasteiger charge is 2.26. The van der Waals surface area contributed by atoms with Gasteiger partial charge in [-0.25, -0.2) is 0 Å². The van der Waals surface area contributed by atoms with Crippen molar-refractivity contribution in [3.8, 4) is 0 Å². The predicted octanol–water partition coefficient (Wildman–Crippen LogP) is -2.59. The molecule has 0 rings (SSSR count). The Labute approximate surface area is 65.1 Å². The van der Waals surface area contributed by atoms with Crippen LogP contribution in [-0.2, 0) is 0 Å². The Morgan fingerprint density at radius 1 is 1.18 bits per heavy atom. The maximum atomic E-state index is 9.06. The van der Waals surface area contributed by atoms with E-state index in [2.05, 4.69) is 0 Å². The van der Waals surface area contributed by atoms with Gasteiger partial charge in [0, 0.05) is 0 Å². The lowest BCUT2D eigenvalue weighted by Crippen LogP contribution is -2.49. The monoisotopic (exact) mass is 165 g/mol. The summed E-state index contributed by atoms with van der Waals surface area (Å²) in [5, 5.41) is 35.3. The molecule has 0 fully saturated rings. The second-order valence-corrected chi connectivity index (χ2v) is 2.57. The number of aliphatic hydroxyl groups is 4. The van der Waals surface area contributed by atoms with Gasteiger partial charge in [0.1, 0.15) is 6.10 Å². The van der Waals surface area contributed by atoms with E-state index in [4.69, 9.17) is 26.2 Å². The van der Waals surface area contributed by atoms with Crippen LogP contribution >= 0.6 is 0 Å². The van der Waals surface area contributed by atoms with E-state index in [0.717, 1.165) is 0 Å². The molecule has 0 radical (unpaired) electrons. The van der Waals surface area contributed by atoms with Crippen molar-refractivity contribution >= 4 is 0 Å². The van der Waals surface area contributed by atoms with Gasteiger partial charge in [-0.3, -0.25) is 0 Å². The van der Waals surface area contributed by atoms with Gasteiger partial charge in [-0.15, -0.1) is 0 Å². The fourth-order valence-corrected chi connectivity index (χ4v) is 0.647. The van der Waals surface area contributed by atoms with Gasteiger partial charge in [-0.2, -0.15) is 0 Å². The zero-order valence-electron chi connectivity index (χ0n) is 6.38. The van der Waals surface area contributed by atoms with Crippen molar-refractivity contribution < 1.29 is 20.4 Å². The smallest absolute Gasteiger partial charge is 0.107 e. The van der Waals surface area contributed by atoms with Gasteiger partial charge < -0.3 is 26.2 Å². The van der Waals surface area contributed by atoms with Crippen molar-refractivity contribution in [1.82, 2.24) is 0 Å². The Bertz CT molecular complexity index is 109. The summed E-state index contributed by atoms with van der Waals surface area (Å²) >= 11 is 0. The fraction of sp³-hybridized carbons (Fsp3) is 1.00. The minimum atomic E-state index is -1.31. The minimum absolute atomic E-state index is 0.426. The van der Waals surface area contributed by atoms with E-state index in [-0.39, 0.29) is 0 Å². The minimum Gasteiger partial charge on any atom is -0.395 e. The van der Waals surface area contributed by atoms with Gasteiger partial charge in [0.25, 0.3) is 0 Å². The molecule has 0 spiro atoms. The molecule has 11 heavy (non-hydrogen) atoms. The second kappa shape index (κ2) is 4.63. The molecule has 5 heteroatoms. The third kappa shape index (κ3) is 3.13. The summed E-state index contributed by atoms with van der Waals surface area (Å²) in [6.45, 7) is 0.906. The summed E-state index contributed by atoms with van der Waals surface area (Å²) in [5.41, 5.74) is 5.18. The Hall–Kier alpha value is -0.200. The molecular weight excluding hydrogens is 150 g/mol. The molecule has 2 unspecified atom stereocenters. The Balaban J connectivity index is 3.90. The van der Waals surface area contributed by atoms with E-state index < -0.39 is 31.0 Å². The summed E-state index contributed by atoms with van der Waals surface area (Å²) in [6, 6.07) is -0.917. The van der Waals surface area contributed by atoms with E-state index in [1.54, 1.807) is 0 Å². The van der Waals surface area contributed by atoms with Crippen LogP contribution in [0.2, 0.25) is 0 Å². The molecule has 0 heterocycles. The Morgan fingerprint density at radius 3 is 1.91 bits per heavy atom. The molecular formula is C6H15NO4. The van der Waals surface area contributed by atoms with Crippen molar-refractivity contribution in [1.29, 1.82) is 0 Å². The molecule has 4 atom stereocenters. The van der Waals surface area contributed by atoms with Gasteiger partial charge in [-0.1, -0.05) is 0 Å². The summed E-state index contributed by atoms with van der Waals surface area (Å²) < 4.78 is 0. The van der Waals surface area contributed by atoms with Crippen LogP contribution in [0.25, 0.3) is 0 Å². The molecule has 0 saturated heterocycles. The molecule has 0 saturated carbocycles. The number of hydrogen-bond donors (Lipinski definition) is 5. The highest BCUT2D eigenvalue weighted by atomic mass is 16.4. The van der Waals surface area contributed by atoms with E-state index in [1.807, 2.05) is 0 Å². The standard InChI is InChI=1S/C6H15NO4/c1-3(9)5(10)6(11)4(7)2-8/h3-6,8-11H,2,7H2,1H3/t3-,4+,5?,6?/m0/s1. The highest BCUT2D eigenvalue weighted by Crippen LogP contribution is 2.02. The highest BCUT2D eigenvalue weighted by molar-refractivity contribution is 4.80. The van der Waals surface area contributed by atoms with Crippen LogP contribution in [-0.4, -0.2) is 51.4 Å². The molecule has 0 aromatic carbocycles. The largest absolute Gasteiger partial charge is 0.395 e.